The summed E-state index contributed by atoms with van der Waals surface area (Å²) in [5.74, 6) is 0.0318. The number of rotatable bonds is 7. The van der Waals surface area contributed by atoms with Gasteiger partial charge in [0.15, 0.2) is 0 Å². The maximum Gasteiger partial charge on any atom is 0.232 e. The first kappa shape index (κ1) is 17.0. The molecule has 0 aliphatic rings. The van der Waals surface area contributed by atoms with Crippen LogP contribution in [0, 0.1) is 0 Å². The summed E-state index contributed by atoms with van der Waals surface area (Å²) in [4.78, 5) is 0. The zero-order chi connectivity index (χ0) is 14.5. The Morgan fingerprint density at radius 2 is 1.95 bits per heavy atom. The summed E-state index contributed by atoms with van der Waals surface area (Å²) >= 11 is 15.1. The molecule has 19 heavy (non-hydrogen) atoms. The van der Waals surface area contributed by atoms with E-state index in [1.807, 2.05) is 6.92 Å². The molecular formula is C11H15BrCl2N2O2S. The van der Waals surface area contributed by atoms with Crippen molar-refractivity contribution >= 4 is 54.8 Å². The minimum Gasteiger partial charge on any atom is -0.317 e. The van der Waals surface area contributed by atoms with E-state index in [1.54, 1.807) is 12.1 Å². The molecule has 0 unspecified atom stereocenters. The molecule has 1 aromatic carbocycles. The molecule has 0 fully saturated rings. The SMILES string of the molecule is CCNCCCS(=O)(=O)Nc1ccc(Br)c(Cl)c1Cl. The highest BCUT2D eigenvalue weighted by molar-refractivity contribution is 9.10. The summed E-state index contributed by atoms with van der Waals surface area (Å²) in [6.07, 6.45) is 0.533. The fourth-order valence-electron chi connectivity index (χ4n) is 1.39. The molecule has 0 spiro atoms. The highest BCUT2D eigenvalue weighted by atomic mass is 79.9. The Kier molecular flexibility index (Phi) is 6.90. The first-order valence-corrected chi connectivity index (χ1v) is 8.92. The normalized spacial score (nSPS) is 11.6. The molecule has 108 valence electrons. The van der Waals surface area contributed by atoms with Crippen molar-refractivity contribution < 1.29 is 8.42 Å². The van der Waals surface area contributed by atoms with Crippen molar-refractivity contribution in [3.63, 3.8) is 0 Å². The number of nitrogens with one attached hydrogen (secondary N) is 2. The van der Waals surface area contributed by atoms with Gasteiger partial charge in [0.25, 0.3) is 0 Å². The monoisotopic (exact) mass is 388 g/mol. The summed E-state index contributed by atoms with van der Waals surface area (Å²) < 4.78 is 26.8. The van der Waals surface area contributed by atoms with Crippen LogP contribution in [0.5, 0.6) is 0 Å². The molecule has 0 radical (unpaired) electrons. The summed E-state index contributed by atoms with van der Waals surface area (Å²) in [7, 11) is -3.42. The van der Waals surface area contributed by atoms with E-state index < -0.39 is 10.0 Å². The average molecular weight is 390 g/mol. The van der Waals surface area contributed by atoms with Gasteiger partial charge >= 0.3 is 0 Å². The van der Waals surface area contributed by atoms with Crippen LogP contribution >= 0.6 is 39.1 Å². The number of sulfonamides is 1. The molecule has 0 saturated heterocycles. The topological polar surface area (TPSA) is 58.2 Å². The van der Waals surface area contributed by atoms with E-state index in [0.717, 1.165) is 6.54 Å². The van der Waals surface area contributed by atoms with Crippen molar-refractivity contribution in [2.45, 2.75) is 13.3 Å². The Labute approximate surface area is 132 Å². The highest BCUT2D eigenvalue weighted by Crippen LogP contribution is 2.36. The molecule has 0 saturated carbocycles. The second kappa shape index (κ2) is 7.69. The minimum absolute atomic E-state index is 0.0318. The predicted octanol–water partition coefficient (Wildman–Crippen LogP) is 3.50. The number of hydrogen-bond acceptors (Lipinski definition) is 3. The Balaban J connectivity index is 2.71. The lowest BCUT2D eigenvalue weighted by Gasteiger charge is -2.11. The maximum absolute atomic E-state index is 11.9. The standard InChI is InChI=1S/C11H15BrCl2N2O2S/c1-2-15-6-3-7-19(17,18)16-9-5-4-8(12)10(13)11(9)14/h4-5,15-16H,2-3,6-7H2,1H3. The predicted molar refractivity (Wildman–Crippen MR) is 84.7 cm³/mol. The van der Waals surface area contributed by atoms with Crippen LogP contribution in [0.2, 0.25) is 10.0 Å². The maximum atomic E-state index is 11.9. The van der Waals surface area contributed by atoms with Crippen molar-refractivity contribution in [3.05, 3.63) is 26.7 Å². The van der Waals surface area contributed by atoms with Crippen LogP contribution in [0.25, 0.3) is 0 Å². The van der Waals surface area contributed by atoms with Gasteiger partial charge < -0.3 is 5.32 Å². The van der Waals surface area contributed by atoms with Gasteiger partial charge in [0.1, 0.15) is 0 Å². The Morgan fingerprint density at radius 3 is 2.58 bits per heavy atom. The van der Waals surface area contributed by atoms with Crippen molar-refractivity contribution in [1.29, 1.82) is 0 Å². The van der Waals surface area contributed by atoms with E-state index in [0.29, 0.717) is 23.1 Å². The van der Waals surface area contributed by atoms with E-state index in [4.69, 9.17) is 23.2 Å². The summed E-state index contributed by atoms with van der Waals surface area (Å²) in [6, 6.07) is 3.21. The zero-order valence-electron chi connectivity index (χ0n) is 10.3. The molecule has 1 aromatic rings. The molecule has 0 heterocycles. The van der Waals surface area contributed by atoms with Gasteiger partial charge in [-0.2, -0.15) is 0 Å². The Morgan fingerprint density at radius 1 is 1.26 bits per heavy atom. The van der Waals surface area contributed by atoms with Crippen molar-refractivity contribution in [2.24, 2.45) is 0 Å². The number of halogens is 3. The average Bonchev–Trinajstić information content (AvgIpc) is 2.35. The molecule has 1 rings (SSSR count). The molecular weight excluding hydrogens is 375 g/mol. The number of hydrogen-bond donors (Lipinski definition) is 2. The van der Waals surface area contributed by atoms with Crippen LogP contribution < -0.4 is 10.0 Å². The van der Waals surface area contributed by atoms with E-state index >= 15 is 0 Å². The second-order valence-corrected chi connectivity index (χ2v) is 7.30. The second-order valence-electron chi connectivity index (χ2n) is 3.85. The van der Waals surface area contributed by atoms with Crippen molar-refractivity contribution in [1.82, 2.24) is 5.32 Å². The van der Waals surface area contributed by atoms with Gasteiger partial charge in [-0.1, -0.05) is 30.1 Å². The lowest BCUT2D eigenvalue weighted by molar-refractivity contribution is 0.595. The summed E-state index contributed by atoms with van der Waals surface area (Å²) in [6.45, 7) is 3.45. The highest BCUT2D eigenvalue weighted by Gasteiger charge is 2.15. The summed E-state index contributed by atoms with van der Waals surface area (Å²) in [5.41, 5.74) is 0.290. The van der Waals surface area contributed by atoms with Gasteiger partial charge in [0.2, 0.25) is 10.0 Å². The lowest BCUT2D eigenvalue weighted by atomic mass is 10.3. The van der Waals surface area contributed by atoms with Gasteiger partial charge in [-0.15, -0.1) is 0 Å². The minimum atomic E-state index is -3.42. The van der Waals surface area contributed by atoms with Gasteiger partial charge in [-0.3, -0.25) is 4.72 Å². The molecule has 2 N–H and O–H groups in total. The van der Waals surface area contributed by atoms with Crippen LogP contribution in [0.1, 0.15) is 13.3 Å². The molecule has 0 atom stereocenters. The smallest absolute Gasteiger partial charge is 0.232 e. The zero-order valence-corrected chi connectivity index (χ0v) is 14.3. The largest absolute Gasteiger partial charge is 0.317 e. The fourth-order valence-corrected chi connectivity index (χ4v) is 3.40. The third-order valence-electron chi connectivity index (χ3n) is 2.32. The number of anilines is 1. The van der Waals surface area contributed by atoms with Gasteiger partial charge in [0.05, 0.1) is 21.5 Å². The van der Waals surface area contributed by atoms with Crippen molar-refractivity contribution in [2.75, 3.05) is 23.6 Å². The third kappa shape index (κ3) is 5.47. The van der Waals surface area contributed by atoms with Gasteiger partial charge in [-0.05, 0) is 47.6 Å². The van der Waals surface area contributed by atoms with Gasteiger partial charge in [-0.25, -0.2) is 8.42 Å². The first-order valence-electron chi connectivity index (χ1n) is 5.72. The van der Waals surface area contributed by atoms with Crippen molar-refractivity contribution in [3.8, 4) is 0 Å². The van der Waals surface area contributed by atoms with Crippen LogP contribution in [0.3, 0.4) is 0 Å². The van der Waals surface area contributed by atoms with E-state index in [1.165, 1.54) is 0 Å². The molecule has 0 aliphatic heterocycles. The Bertz CT molecular complexity index is 538. The molecule has 8 heteroatoms. The molecule has 0 aromatic heterocycles. The molecule has 0 aliphatic carbocycles. The quantitative estimate of drug-likeness (QED) is 0.554. The molecule has 0 bridgehead atoms. The Hall–Kier alpha value is -0.0100. The number of benzene rings is 1. The molecule has 4 nitrogen and oxygen atoms in total. The van der Waals surface area contributed by atoms with E-state index in [9.17, 15) is 8.42 Å². The van der Waals surface area contributed by atoms with Crippen LogP contribution in [-0.2, 0) is 10.0 Å². The van der Waals surface area contributed by atoms with Crippen LogP contribution in [-0.4, -0.2) is 27.3 Å². The van der Waals surface area contributed by atoms with Crippen LogP contribution in [0.4, 0.5) is 5.69 Å². The van der Waals surface area contributed by atoms with E-state index in [2.05, 4.69) is 26.0 Å². The lowest BCUT2D eigenvalue weighted by Crippen LogP contribution is -2.22. The third-order valence-corrected chi connectivity index (χ3v) is 5.45. The van der Waals surface area contributed by atoms with Gasteiger partial charge in [0, 0.05) is 4.47 Å². The molecule has 0 amide bonds. The van der Waals surface area contributed by atoms with E-state index in [-0.39, 0.29) is 15.8 Å². The summed E-state index contributed by atoms with van der Waals surface area (Å²) in [5, 5.41) is 3.54. The first-order chi connectivity index (χ1) is 8.87. The van der Waals surface area contributed by atoms with Crippen LogP contribution in [0.15, 0.2) is 16.6 Å². The fraction of sp³-hybridized carbons (Fsp3) is 0.455.